The van der Waals surface area contributed by atoms with Crippen LogP contribution < -0.4 is 20.5 Å². The minimum absolute atomic E-state index is 0.224. The molecule has 184 valence electrons. The molecule has 0 bridgehead atoms. The van der Waals surface area contributed by atoms with Crippen LogP contribution in [0, 0.1) is 6.92 Å². The molecule has 1 aliphatic rings. The van der Waals surface area contributed by atoms with Crippen molar-refractivity contribution in [2.24, 2.45) is 4.99 Å². The monoisotopic (exact) mass is 540 g/mol. The number of aryl methyl sites for hydroxylation is 1. The van der Waals surface area contributed by atoms with Crippen molar-refractivity contribution in [3.05, 3.63) is 93.4 Å². The van der Waals surface area contributed by atoms with Gasteiger partial charge in [-0.25, -0.2) is 14.8 Å². The second-order valence-corrected chi connectivity index (χ2v) is 10.8. The molecule has 0 aliphatic carbocycles. The first-order valence-electron chi connectivity index (χ1n) is 10.9. The molecule has 0 unspecified atom stereocenters. The molecule has 5 heterocycles. The van der Waals surface area contributed by atoms with Crippen LogP contribution in [0.15, 0.2) is 76.2 Å². The average Bonchev–Trinajstić information content (AvgIpc) is 3.55. The number of nitrogens with zero attached hydrogens (tertiary/aromatic N) is 3. The van der Waals surface area contributed by atoms with Crippen LogP contribution >= 0.6 is 34.4 Å². The highest BCUT2D eigenvalue weighted by molar-refractivity contribution is 7.99. The Morgan fingerprint density at radius 1 is 1.31 bits per heavy atom. The number of allylic oxidation sites excluding steroid dienone is 1. The second kappa shape index (κ2) is 9.88. The van der Waals surface area contributed by atoms with Gasteiger partial charge >= 0.3 is 5.97 Å². The number of H-pyrrole nitrogens is 1. The summed E-state index contributed by atoms with van der Waals surface area (Å²) >= 11 is 3.86. The van der Waals surface area contributed by atoms with Crippen LogP contribution in [0.4, 0.5) is 0 Å². The van der Waals surface area contributed by atoms with Crippen molar-refractivity contribution in [3.8, 4) is 0 Å². The van der Waals surface area contributed by atoms with Crippen LogP contribution in [-0.2, 0) is 9.53 Å². The van der Waals surface area contributed by atoms with Crippen molar-refractivity contribution in [3.63, 3.8) is 0 Å². The van der Waals surface area contributed by atoms with Gasteiger partial charge in [-0.3, -0.25) is 14.2 Å². The van der Waals surface area contributed by atoms with E-state index in [2.05, 4.69) is 15.0 Å². The number of ether oxygens (including phenoxy) is 1. The third-order valence-electron chi connectivity index (χ3n) is 5.25. The number of aromatic amines is 1. The van der Waals surface area contributed by atoms with Gasteiger partial charge in [0.1, 0.15) is 11.8 Å². The Morgan fingerprint density at radius 2 is 2.14 bits per heavy atom. The van der Waals surface area contributed by atoms with Gasteiger partial charge in [-0.1, -0.05) is 17.4 Å². The molecule has 0 spiro atoms. The van der Waals surface area contributed by atoms with Gasteiger partial charge in [0.25, 0.3) is 11.1 Å². The van der Waals surface area contributed by atoms with E-state index in [1.165, 1.54) is 40.5 Å². The van der Waals surface area contributed by atoms with E-state index < -0.39 is 12.0 Å². The van der Waals surface area contributed by atoms with Crippen LogP contribution in [0.1, 0.15) is 36.2 Å². The van der Waals surface area contributed by atoms with E-state index in [1.54, 1.807) is 43.5 Å². The van der Waals surface area contributed by atoms with Crippen molar-refractivity contribution in [2.75, 3.05) is 6.61 Å². The number of aromatic nitrogens is 3. The number of carbonyl (C=O) groups is 1. The number of esters is 1. The fraction of sp³-hybridized carbons (Fsp3) is 0.208. The first kappa shape index (κ1) is 24.2. The van der Waals surface area contributed by atoms with Gasteiger partial charge in [-0.05, 0) is 56.1 Å². The SMILES string of the molecule is CCOC(=O)C1=C(C)N=c2s/c(=C/c3ccc(Sc4nc(C)cc(=O)[nH]4)o3)c(=O)n2[C@@H]1c1cccs1. The zero-order valence-electron chi connectivity index (χ0n) is 19.4. The lowest BCUT2D eigenvalue weighted by Crippen LogP contribution is -2.39. The van der Waals surface area contributed by atoms with E-state index >= 15 is 0 Å². The van der Waals surface area contributed by atoms with Gasteiger partial charge in [0.15, 0.2) is 15.1 Å². The summed E-state index contributed by atoms with van der Waals surface area (Å²) in [7, 11) is 0. The van der Waals surface area contributed by atoms with E-state index in [-0.39, 0.29) is 17.7 Å². The topological polar surface area (TPSA) is 120 Å². The molecule has 36 heavy (non-hydrogen) atoms. The first-order valence-corrected chi connectivity index (χ1v) is 13.4. The Hall–Kier alpha value is -3.48. The number of fused-ring (bicyclic) bond motifs is 1. The minimum Gasteiger partial charge on any atom is -0.463 e. The van der Waals surface area contributed by atoms with E-state index in [9.17, 15) is 14.4 Å². The smallest absolute Gasteiger partial charge is 0.338 e. The number of rotatable bonds is 6. The normalized spacial score (nSPS) is 15.6. The summed E-state index contributed by atoms with van der Waals surface area (Å²) in [6.07, 6.45) is 1.65. The lowest BCUT2D eigenvalue weighted by atomic mass is 10.0. The third kappa shape index (κ3) is 4.66. The van der Waals surface area contributed by atoms with Gasteiger partial charge < -0.3 is 14.1 Å². The maximum atomic E-state index is 13.5. The zero-order chi connectivity index (χ0) is 25.4. The number of thiazole rings is 1. The molecule has 12 heteroatoms. The first-order chi connectivity index (χ1) is 17.3. The standard InChI is InChI=1S/C24H20N4O5S3/c1-4-32-22(31)19-13(3)26-24-28(20(19)15-6-5-9-34-15)21(30)16(35-24)11-14-7-8-18(33-14)36-23-25-12(2)10-17(29)27-23/h5-11,20H,4H2,1-3H3,(H,25,27,29)/b16-11+/t20-/m1/s1. The van der Waals surface area contributed by atoms with Gasteiger partial charge in [0, 0.05) is 22.7 Å². The quantitative estimate of drug-likeness (QED) is 0.295. The van der Waals surface area contributed by atoms with Crippen LogP contribution in [-0.4, -0.2) is 27.1 Å². The zero-order valence-corrected chi connectivity index (χ0v) is 21.9. The largest absolute Gasteiger partial charge is 0.463 e. The molecule has 1 aliphatic heterocycles. The number of hydrogen-bond donors (Lipinski definition) is 1. The fourth-order valence-corrected chi connectivity index (χ4v) is 6.45. The van der Waals surface area contributed by atoms with Gasteiger partial charge in [-0.15, -0.1) is 11.3 Å². The summed E-state index contributed by atoms with van der Waals surface area (Å²) in [5, 5.41) is 2.83. The molecule has 1 atom stereocenters. The van der Waals surface area contributed by atoms with Gasteiger partial charge in [0.2, 0.25) is 0 Å². The number of furan rings is 1. The molecule has 0 fully saturated rings. The maximum Gasteiger partial charge on any atom is 0.338 e. The lowest BCUT2D eigenvalue weighted by Gasteiger charge is -2.23. The molecule has 5 rings (SSSR count). The summed E-state index contributed by atoms with van der Waals surface area (Å²) in [6.45, 7) is 5.46. The highest BCUT2D eigenvalue weighted by atomic mass is 32.2. The Morgan fingerprint density at radius 3 is 2.86 bits per heavy atom. The van der Waals surface area contributed by atoms with Gasteiger partial charge in [0.05, 0.1) is 22.4 Å². The fourth-order valence-electron chi connectivity index (χ4n) is 3.80. The number of thiophene rings is 1. The summed E-state index contributed by atoms with van der Waals surface area (Å²) in [6, 6.07) is 8.05. The van der Waals surface area contributed by atoms with Crippen LogP contribution in [0.3, 0.4) is 0 Å². The van der Waals surface area contributed by atoms with E-state index in [4.69, 9.17) is 9.15 Å². The number of hydrogen-bond acceptors (Lipinski definition) is 10. The van der Waals surface area contributed by atoms with E-state index in [0.717, 1.165) is 4.88 Å². The van der Waals surface area contributed by atoms with E-state index in [1.807, 2.05) is 17.5 Å². The summed E-state index contributed by atoms with van der Waals surface area (Å²) < 4.78 is 13.1. The molecule has 4 aromatic rings. The molecule has 9 nitrogen and oxygen atoms in total. The van der Waals surface area contributed by atoms with Crippen molar-refractivity contribution in [2.45, 2.75) is 37.1 Å². The molecule has 0 saturated heterocycles. The van der Waals surface area contributed by atoms with E-state index in [0.29, 0.717) is 42.3 Å². The molecule has 0 amide bonds. The predicted molar refractivity (Wildman–Crippen MR) is 137 cm³/mol. The summed E-state index contributed by atoms with van der Waals surface area (Å²) in [5.41, 5.74) is 0.967. The molecule has 4 aromatic heterocycles. The highest BCUT2D eigenvalue weighted by Gasteiger charge is 2.33. The Bertz CT molecular complexity index is 1720. The Kier molecular flexibility index (Phi) is 6.65. The Balaban J connectivity index is 1.55. The average molecular weight is 541 g/mol. The predicted octanol–water partition coefficient (Wildman–Crippen LogP) is 3.00. The van der Waals surface area contributed by atoms with Crippen molar-refractivity contribution in [1.82, 2.24) is 14.5 Å². The van der Waals surface area contributed by atoms with Gasteiger partial charge in [-0.2, -0.15) is 0 Å². The number of carbonyl (C=O) groups excluding carboxylic acids is 1. The maximum absolute atomic E-state index is 13.5. The van der Waals surface area contributed by atoms with Crippen molar-refractivity contribution < 1.29 is 13.9 Å². The third-order valence-corrected chi connectivity index (χ3v) is 7.97. The molecular weight excluding hydrogens is 520 g/mol. The minimum atomic E-state index is -0.616. The molecule has 0 radical (unpaired) electrons. The second-order valence-electron chi connectivity index (χ2n) is 7.77. The van der Waals surface area contributed by atoms with Crippen molar-refractivity contribution >= 4 is 46.5 Å². The van der Waals surface area contributed by atoms with Crippen molar-refractivity contribution in [1.29, 1.82) is 0 Å². The van der Waals surface area contributed by atoms with Crippen LogP contribution in [0.25, 0.3) is 6.08 Å². The summed E-state index contributed by atoms with van der Waals surface area (Å²) in [5.74, 6) is -0.0197. The summed E-state index contributed by atoms with van der Waals surface area (Å²) in [4.78, 5) is 50.9. The molecular formula is C24H20N4O5S3. The molecule has 1 N–H and O–H groups in total. The Labute approximate surface area is 216 Å². The van der Waals surface area contributed by atoms with Crippen LogP contribution in [0.5, 0.6) is 0 Å². The number of nitrogens with one attached hydrogen (secondary N) is 1. The lowest BCUT2D eigenvalue weighted by molar-refractivity contribution is -0.139. The molecule has 0 aromatic carbocycles. The highest BCUT2D eigenvalue weighted by Crippen LogP contribution is 2.33. The van der Waals surface area contributed by atoms with Crippen LogP contribution in [0.2, 0.25) is 0 Å². The molecule has 0 saturated carbocycles.